The third-order valence-corrected chi connectivity index (χ3v) is 5.46. The highest BCUT2D eigenvalue weighted by Gasteiger charge is 2.24. The molecule has 0 spiro atoms. The van der Waals surface area contributed by atoms with Gasteiger partial charge in [-0.2, -0.15) is 0 Å². The second kappa shape index (κ2) is 8.20. The van der Waals surface area contributed by atoms with E-state index in [2.05, 4.69) is 5.32 Å². The molecule has 2 nitrogen and oxygen atoms in total. The van der Waals surface area contributed by atoms with E-state index in [9.17, 15) is 8.78 Å². The second-order valence-corrected chi connectivity index (χ2v) is 7.01. The lowest BCUT2D eigenvalue weighted by Gasteiger charge is -2.30. The maximum Gasteiger partial charge on any atom is 0.129 e. The zero-order chi connectivity index (χ0) is 16.1. The first-order chi connectivity index (χ1) is 11.2. The Bertz CT molecular complexity index is 494. The van der Waals surface area contributed by atoms with E-state index in [1.807, 2.05) is 0 Å². The Labute approximate surface area is 137 Å². The molecule has 1 aromatic rings. The van der Waals surface area contributed by atoms with Crippen molar-refractivity contribution in [3.63, 3.8) is 0 Å². The molecule has 3 rings (SSSR count). The van der Waals surface area contributed by atoms with Crippen LogP contribution in [0.25, 0.3) is 0 Å². The van der Waals surface area contributed by atoms with Crippen LogP contribution >= 0.6 is 0 Å². The SMILES string of the molecule is Fc1ccc(C2CCC(CCNC3CCOCC3)CC2)c(F)c1. The van der Waals surface area contributed by atoms with Gasteiger partial charge in [0.05, 0.1) is 0 Å². The molecule has 0 aromatic heterocycles. The molecule has 0 radical (unpaired) electrons. The van der Waals surface area contributed by atoms with E-state index in [1.54, 1.807) is 6.07 Å². The summed E-state index contributed by atoms with van der Waals surface area (Å²) in [6, 6.07) is 4.64. The van der Waals surface area contributed by atoms with Gasteiger partial charge in [0, 0.05) is 25.3 Å². The third-order valence-electron chi connectivity index (χ3n) is 5.46. The zero-order valence-corrected chi connectivity index (χ0v) is 13.7. The van der Waals surface area contributed by atoms with Crippen LogP contribution in [-0.4, -0.2) is 25.8 Å². The highest BCUT2D eigenvalue weighted by molar-refractivity contribution is 5.23. The Balaban J connectivity index is 1.39. The number of ether oxygens (including phenoxy) is 1. The van der Waals surface area contributed by atoms with Gasteiger partial charge in [0.1, 0.15) is 11.6 Å². The molecule has 1 saturated carbocycles. The van der Waals surface area contributed by atoms with E-state index in [1.165, 1.54) is 12.5 Å². The Hall–Kier alpha value is -1.00. The van der Waals surface area contributed by atoms with Gasteiger partial charge in [0.25, 0.3) is 0 Å². The van der Waals surface area contributed by atoms with Crippen LogP contribution in [0.3, 0.4) is 0 Å². The van der Waals surface area contributed by atoms with Crippen LogP contribution < -0.4 is 5.32 Å². The van der Waals surface area contributed by atoms with Crippen molar-refractivity contribution in [2.75, 3.05) is 19.8 Å². The molecule has 4 heteroatoms. The molecule has 0 atom stereocenters. The van der Waals surface area contributed by atoms with Crippen molar-refractivity contribution in [2.45, 2.75) is 56.9 Å². The van der Waals surface area contributed by atoms with Crippen LogP contribution in [0.5, 0.6) is 0 Å². The lowest BCUT2D eigenvalue weighted by Crippen LogP contribution is -2.36. The molecular weight excluding hydrogens is 296 g/mol. The summed E-state index contributed by atoms with van der Waals surface area (Å²) in [7, 11) is 0. The van der Waals surface area contributed by atoms with Gasteiger partial charge in [-0.15, -0.1) is 0 Å². The summed E-state index contributed by atoms with van der Waals surface area (Å²) in [6.45, 7) is 2.84. The van der Waals surface area contributed by atoms with Gasteiger partial charge in [-0.1, -0.05) is 6.07 Å². The third kappa shape index (κ3) is 4.74. The predicted octanol–water partition coefficient (Wildman–Crippen LogP) is 4.40. The van der Waals surface area contributed by atoms with E-state index >= 15 is 0 Å². The second-order valence-electron chi connectivity index (χ2n) is 7.01. The summed E-state index contributed by atoms with van der Waals surface area (Å²) >= 11 is 0. The molecule has 0 amide bonds. The van der Waals surface area contributed by atoms with Gasteiger partial charge < -0.3 is 10.1 Å². The van der Waals surface area contributed by atoms with Gasteiger partial charge in [0.15, 0.2) is 0 Å². The fraction of sp³-hybridized carbons (Fsp3) is 0.684. The van der Waals surface area contributed by atoms with E-state index in [0.29, 0.717) is 11.6 Å². The minimum absolute atomic E-state index is 0.260. The van der Waals surface area contributed by atoms with E-state index < -0.39 is 5.82 Å². The van der Waals surface area contributed by atoms with Crippen molar-refractivity contribution in [3.8, 4) is 0 Å². The molecule has 1 N–H and O–H groups in total. The summed E-state index contributed by atoms with van der Waals surface area (Å²) in [5, 5.41) is 3.65. The Kier molecular flexibility index (Phi) is 6.01. The number of hydrogen-bond donors (Lipinski definition) is 1. The molecule has 1 saturated heterocycles. The van der Waals surface area contributed by atoms with Gasteiger partial charge in [-0.25, -0.2) is 8.78 Å². The lowest BCUT2D eigenvalue weighted by molar-refractivity contribution is 0.0775. The summed E-state index contributed by atoms with van der Waals surface area (Å²) in [5.74, 6) is 0.131. The molecule has 1 aliphatic heterocycles. The number of halogens is 2. The highest BCUT2D eigenvalue weighted by atomic mass is 19.1. The first-order valence-electron chi connectivity index (χ1n) is 8.98. The van der Waals surface area contributed by atoms with Crippen LogP contribution in [0, 0.1) is 17.6 Å². The maximum absolute atomic E-state index is 13.9. The predicted molar refractivity (Wildman–Crippen MR) is 87.5 cm³/mol. The molecule has 1 heterocycles. The smallest absolute Gasteiger partial charge is 0.129 e. The van der Waals surface area contributed by atoms with Gasteiger partial charge >= 0.3 is 0 Å². The molecule has 23 heavy (non-hydrogen) atoms. The summed E-state index contributed by atoms with van der Waals surface area (Å²) in [5.41, 5.74) is 0.699. The number of nitrogens with one attached hydrogen (secondary N) is 1. The van der Waals surface area contributed by atoms with Crippen molar-refractivity contribution in [2.24, 2.45) is 5.92 Å². The first-order valence-corrected chi connectivity index (χ1v) is 8.98. The summed E-state index contributed by atoms with van der Waals surface area (Å²) < 4.78 is 32.3. The van der Waals surface area contributed by atoms with Crippen molar-refractivity contribution in [3.05, 3.63) is 35.4 Å². The quantitative estimate of drug-likeness (QED) is 0.867. The molecule has 2 aliphatic rings. The van der Waals surface area contributed by atoms with E-state index in [-0.39, 0.29) is 11.7 Å². The number of benzene rings is 1. The summed E-state index contributed by atoms with van der Waals surface area (Å²) in [4.78, 5) is 0. The Morgan fingerprint density at radius 1 is 1.00 bits per heavy atom. The largest absolute Gasteiger partial charge is 0.381 e. The van der Waals surface area contributed by atoms with Crippen molar-refractivity contribution < 1.29 is 13.5 Å². The minimum atomic E-state index is -0.487. The number of hydrogen-bond acceptors (Lipinski definition) is 2. The Morgan fingerprint density at radius 3 is 2.43 bits per heavy atom. The maximum atomic E-state index is 13.9. The van der Waals surface area contributed by atoms with Crippen molar-refractivity contribution in [1.82, 2.24) is 5.32 Å². The molecule has 1 aromatic carbocycles. The average molecular weight is 323 g/mol. The molecular formula is C19H27F2NO. The topological polar surface area (TPSA) is 21.3 Å². The van der Waals surface area contributed by atoms with E-state index in [0.717, 1.165) is 70.3 Å². The number of rotatable bonds is 5. The highest BCUT2D eigenvalue weighted by Crippen LogP contribution is 2.37. The molecule has 1 aliphatic carbocycles. The standard InChI is InChI=1S/C19H27F2NO/c20-16-5-6-18(19(21)13-16)15-3-1-14(2-4-15)7-10-22-17-8-11-23-12-9-17/h5-6,13-15,17,22H,1-4,7-12H2. The molecule has 0 unspecified atom stereocenters. The van der Waals surface area contributed by atoms with E-state index in [4.69, 9.17) is 4.74 Å². The molecule has 0 bridgehead atoms. The fourth-order valence-corrected chi connectivity index (χ4v) is 3.99. The van der Waals surface area contributed by atoms with Crippen LogP contribution in [0.2, 0.25) is 0 Å². The summed E-state index contributed by atoms with van der Waals surface area (Å²) in [6.07, 6.45) is 7.78. The normalized spacial score (nSPS) is 26.3. The monoisotopic (exact) mass is 323 g/mol. The zero-order valence-electron chi connectivity index (χ0n) is 13.7. The van der Waals surface area contributed by atoms with Gasteiger partial charge in [0.2, 0.25) is 0 Å². The van der Waals surface area contributed by atoms with Crippen molar-refractivity contribution in [1.29, 1.82) is 0 Å². The molecule has 128 valence electrons. The molecule has 2 fully saturated rings. The van der Waals surface area contributed by atoms with Crippen LogP contribution in [0.1, 0.15) is 56.4 Å². The van der Waals surface area contributed by atoms with Crippen LogP contribution in [0.4, 0.5) is 8.78 Å². The average Bonchev–Trinajstić information content (AvgIpc) is 2.57. The first kappa shape index (κ1) is 16.8. The van der Waals surface area contributed by atoms with Crippen LogP contribution in [-0.2, 0) is 4.74 Å². The fourth-order valence-electron chi connectivity index (χ4n) is 3.99. The van der Waals surface area contributed by atoms with Crippen LogP contribution in [0.15, 0.2) is 18.2 Å². The van der Waals surface area contributed by atoms with Crippen molar-refractivity contribution >= 4 is 0 Å². The Morgan fingerprint density at radius 2 is 1.74 bits per heavy atom. The lowest BCUT2D eigenvalue weighted by atomic mass is 9.77. The minimum Gasteiger partial charge on any atom is -0.381 e. The van der Waals surface area contributed by atoms with Gasteiger partial charge in [-0.3, -0.25) is 0 Å². The van der Waals surface area contributed by atoms with Gasteiger partial charge in [-0.05, 0) is 75.0 Å².